The van der Waals surface area contributed by atoms with Gasteiger partial charge in [-0.3, -0.25) is 4.79 Å². The van der Waals surface area contributed by atoms with Gasteiger partial charge in [0.2, 0.25) is 0 Å². The highest BCUT2D eigenvalue weighted by molar-refractivity contribution is 9.10. The van der Waals surface area contributed by atoms with Gasteiger partial charge in [0.15, 0.2) is 0 Å². The summed E-state index contributed by atoms with van der Waals surface area (Å²) in [7, 11) is 1.59. The average molecular weight is 335 g/mol. The fraction of sp³-hybridized carbons (Fsp3) is 0.462. The van der Waals surface area contributed by atoms with E-state index in [9.17, 15) is 4.79 Å². The first kappa shape index (κ1) is 15.3. The summed E-state index contributed by atoms with van der Waals surface area (Å²) in [5, 5.41) is 0. The number of carbonyl (C=O) groups is 1. The molecule has 0 aliphatic carbocycles. The highest BCUT2D eigenvalue weighted by atomic mass is 79.9. The van der Waals surface area contributed by atoms with E-state index in [-0.39, 0.29) is 5.91 Å². The van der Waals surface area contributed by atoms with Crippen molar-refractivity contribution in [1.29, 1.82) is 0 Å². The minimum Gasteiger partial charge on any atom is -0.497 e. The molecule has 0 aliphatic rings. The Labute approximate surface area is 121 Å². The summed E-state index contributed by atoms with van der Waals surface area (Å²) in [6.07, 6.45) is 0.794. The Kier molecular flexibility index (Phi) is 6.50. The molecule has 18 heavy (non-hydrogen) atoms. The Bertz CT molecular complexity index is 412. The number of nitrogens with zero attached hydrogens (tertiary/aromatic N) is 1. The Balaban J connectivity index is 2.93. The van der Waals surface area contributed by atoms with Crippen LogP contribution in [0.4, 0.5) is 0 Å². The second-order valence-electron chi connectivity index (χ2n) is 3.77. The average Bonchev–Trinajstić information content (AvgIpc) is 2.40. The molecule has 0 bridgehead atoms. The third kappa shape index (κ3) is 3.89. The zero-order valence-corrected chi connectivity index (χ0v) is 12.9. The van der Waals surface area contributed by atoms with Crippen LogP contribution in [-0.2, 0) is 0 Å². The molecule has 0 saturated carbocycles. The number of halogens is 2. The molecule has 0 aromatic heterocycles. The van der Waals surface area contributed by atoms with E-state index in [0.29, 0.717) is 30.3 Å². The van der Waals surface area contributed by atoms with Crippen LogP contribution in [0, 0.1) is 0 Å². The van der Waals surface area contributed by atoms with Crippen molar-refractivity contribution < 1.29 is 9.53 Å². The molecule has 0 spiro atoms. The summed E-state index contributed by atoms with van der Waals surface area (Å²) in [6.45, 7) is 3.29. The largest absolute Gasteiger partial charge is 0.497 e. The molecule has 1 aromatic rings. The van der Waals surface area contributed by atoms with Gasteiger partial charge in [-0.05, 0) is 47.5 Å². The number of benzene rings is 1. The van der Waals surface area contributed by atoms with E-state index in [1.807, 2.05) is 19.1 Å². The summed E-state index contributed by atoms with van der Waals surface area (Å²) in [6, 6.07) is 5.38. The van der Waals surface area contributed by atoms with Gasteiger partial charge in [0.1, 0.15) is 5.75 Å². The maximum Gasteiger partial charge on any atom is 0.255 e. The molecular formula is C13H17BrClNO2. The summed E-state index contributed by atoms with van der Waals surface area (Å²) in [5.41, 5.74) is 0.616. The number of carbonyl (C=O) groups excluding carboxylic acids is 1. The van der Waals surface area contributed by atoms with Crippen LogP contribution < -0.4 is 4.74 Å². The van der Waals surface area contributed by atoms with E-state index in [0.717, 1.165) is 10.9 Å². The van der Waals surface area contributed by atoms with Crippen LogP contribution in [0.3, 0.4) is 0 Å². The molecule has 0 N–H and O–H groups in total. The van der Waals surface area contributed by atoms with Gasteiger partial charge in [0.25, 0.3) is 5.91 Å². The fourth-order valence-corrected chi connectivity index (χ4v) is 2.16. The lowest BCUT2D eigenvalue weighted by Crippen LogP contribution is -2.32. The fourth-order valence-electron chi connectivity index (χ4n) is 1.62. The van der Waals surface area contributed by atoms with Crippen molar-refractivity contribution in [2.24, 2.45) is 0 Å². The number of methoxy groups -OCH3 is 1. The molecule has 0 atom stereocenters. The molecule has 100 valence electrons. The molecule has 0 aliphatic heterocycles. The molecule has 0 heterocycles. The highest BCUT2D eigenvalue weighted by Crippen LogP contribution is 2.23. The molecule has 1 amide bonds. The quantitative estimate of drug-likeness (QED) is 0.745. The second-order valence-corrected chi connectivity index (χ2v) is 5.01. The van der Waals surface area contributed by atoms with Gasteiger partial charge in [0.05, 0.1) is 12.7 Å². The minimum absolute atomic E-state index is 0.00612. The molecule has 1 rings (SSSR count). The second kappa shape index (κ2) is 7.64. The SMILES string of the molecule is CCN(CCCCl)C(=O)c1cc(OC)ccc1Br. The van der Waals surface area contributed by atoms with Crippen LogP contribution in [0.5, 0.6) is 5.75 Å². The number of ether oxygens (including phenoxy) is 1. The van der Waals surface area contributed by atoms with Crippen LogP contribution in [0.2, 0.25) is 0 Å². The Morgan fingerprint density at radius 2 is 2.22 bits per heavy atom. The number of amides is 1. The van der Waals surface area contributed by atoms with Crippen LogP contribution in [0.15, 0.2) is 22.7 Å². The van der Waals surface area contributed by atoms with E-state index in [1.165, 1.54) is 0 Å². The lowest BCUT2D eigenvalue weighted by Gasteiger charge is -2.21. The number of alkyl halides is 1. The normalized spacial score (nSPS) is 10.2. The first-order chi connectivity index (χ1) is 8.63. The Hall–Kier alpha value is -0.740. The molecule has 1 aromatic carbocycles. The van der Waals surface area contributed by atoms with Gasteiger partial charge in [-0.25, -0.2) is 0 Å². The molecular weight excluding hydrogens is 318 g/mol. The van der Waals surface area contributed by atoms with Crippen LogP contribution >= 0.6 is 27.5 Å². The third-order valence-corrected chi connectivity index (χ3v) is 3.59. The lowest BCUT2D eigenvalue weighted by molar-refractivity contribution is 0.0763. The molecule has 3 nitrogen and oxygen atoms in total. The molecule has 0 saturated heterocycles. The topological polar surface area (TPSA) is 29.5 Å². The smallest absolute Gasteiger partial charge is 0.255 e. The summed E-state index contributed by atoms with van der Waals surface area (Å²) in [4.78, 5) is 14.1. The van der Waals surface area contributed by atoms with Crippen molar-refractivity contribution in [1.82, 2.24) is 4.90 Å². The molecule has 0 radical (unpaired) electrons. The van der Waals surface area contributed by atoms with Crippen molar-refractivity contribution in [3.05, 3.63) is 28.2 Å². The van der Waals surface area contributed by atoms with Gasteiger partial charge in [0, 0.05) is 23.4 Å². The van der Waals surface area contributed by atoms with Crippen molar-refractivity contribution in [2.75, 3.05) is 26.1 Å². The van der Waals surface area contributed by atoms with E-state index >= 15 is 0 Å². The van der Waals surface area contributed by atoms with Crippen LogP contribution in [-0.4, -0.2) is 36.9 Å². The summed E-state index contributed by atoms with van der Waals surface area (Å²) in [5.74, 6) is 1.23. The first-order valence-corrected chi connectivity index (χ1v) is 7.15. The lowest BCUT2D eigenvalue weighted by atomic mass is 10.2. The van der Waals surface area contributed by atoms with E-state index in [1.54, 1.807) is 18.1 Å². The van der Waals surface area contributed by atoms with Crippen LogP contribution in [0.25, 0.3) is 0 Å². The van der Waals surface area contributed by atoms with E-state index in [2.05, 4.69) is 15.9 Å². The standard InChI is InChI=1S/C13H17BrClNO2/c1-3-16(8-4-7-15)13(17)11-9-10(18-2)5-6-12(11)14/h5-6,9H,3-4,7-8H2,1-2H3. The summed E-state index contributed by atoms with van der Waals surface area (Å²) < 4.78 is 5.92. The van der Waals surface area contributed by atoms with Gasteiger partial charge < -0.3 is 9.64 Å². The zero-order valence-electron chi connectivity index (χ0n) is 10.6. The monoisotopic (exact) mass is 333 g/mol. The third-order valence-electron chi connectivity index (χ3n) is 2.63. The predicted octanol–water partition coefficient (Wildman–Crippen LogP) is 3.55. The van der Waals surface area contributed by atoms with Gasteiger partial charge in [-0.2, -0.15) is 0 Å². The van der Waals surface area contributed by atoms with Gasteiger partial charge >= 0.3 is 0 Å². The minimum atomic E-state index is -0.00612. The number of rotatable bonds is 6. The van der Waals surface area contributed by atoms with Crippen molar-refractivity contribution >= 4 is 33.4 Å². The number of hydrogen-bond donors (Lipinski definition) is 0. The van der Waals surface area contributed by atoms with Crippen LogP contribution in [0.1, 0.15) is 23.7 Å². The highest BCUT2D eigenvalue weighted by Gasteiger charge is 2.17. The van der Waals surface area contributed by atoms with E-state index in [4.69, 9.17) is 16.3 Å². The Morgan fingerprint density at radius 3 is 2.78 bits per heavy atom. The number of hydrogen-bond acceptors (Lipinski definition) is 2. The van der Waals surface area contributed by atoms with E-state index < -0.39 is 0 Å². The van der Waals surface area contributed by atoms with Crippen molar-refractivity contribution in [3.63, 3.8) is 0 Å². The van der Waals surface area contributed by atoms with Crippen molar-refractivity contribution in [3.8, 4) is 5.75 Å². The Morgan fingerprint density at radius 1 is 1.50 bits per heavy atom. The molecule has 0 fully saturated rings. The molecule has 5 heteroatoms. The van der Waals surface area contributed by atoms with Gasteiger partial charge in [-0.1, -0.05) is 0 Å². The zero-order chi connectivity index (χ0) is 13.5. The van der Waals surface area contributed by atoms with Gasteiger partial charge in [-0.15, -0.1) is 11.6 Å². The predicted molar refractivity (Wildman–Crippen MR) is 77.6 cm³/mol. The summed E-state index contributed by atoms with van der Waals surface area (Å²) >= 11 is 9.06. The molecule has 0 unspecified atom stereocenters. The first-order valence-electron chi connectivity index (χ1n) is 5.82. The van der Waals surface area contributed by atoms with Crippen molar-refractivity contribution in [2.45, 2.75) is 13.3 Å². The maximum atomic E-state index is 12.4. The maximum absolute atomic E-state index is 12.4.